The first-order chi connectivity index (χ1) is 11.6. The first-order valence-electron chi connectivity index (χ1n) is 8.32. The second-order valence-corrected chi connectivity index (χ2v) is 6.01. The maximum absolute atomic E-state index is 12.3. The Morgan fingerprint density at radius 2 is 2.12 bits per heavy atom. The minimum atomic E-state index is -0.476. The van der Waals surface area contributed by atoms with Crippen molar-refractivity contribution in [3.63, 3.8) is 0 Å². The summed E-state index contributed by atoms with van der Waals surface area (Å²) in [5.74, 6) is -0.580. The van der Waals surface area contributed by atoms with Gasteiger partial charge in [-0.05, 0) is 32.4 Å². The zero-order chi connectivity index (χ0) is 17.1. The molecule has 1 amide bonds. The molecule has 0 radical (unpaired) electrons. The summed E-state index contributed by atoms with van der Waals surface area (Å²) in [6.45, 7) is 3.26. The van der Waals surface area contributed by atoms with Crippen LogP contribution in [0, 0.1) is 0 Å². The number of likely N-dealkylation sites (tertiary alicyclic amines) is 1. The van der Waals surface area contributed by atoms with Gasteiger partial charge in [-0.3, -0.25) is 9.69 Å². The van der Waals surface area contributed by atoms with Gasteiger partial charge >= 0.3 is 5.97 Å². The second kappa shape index (κ2) is 7.05. The molecule has 0 bridgehead atoms. The maximum atomic E-state index is 12.3. The number of primary amides is 1. The van der Waals surface area contributed by atoms with Gasteiger partial charge in [0.2, 0.25) is 11.7 Å². The monoisotopic (exact) mass is 330 g/mol. The highest BCUT2D eigenvalue weighted by atomic mass is 16.5. The van der Waals surface area contributed by atoms with Crippen LogP contribution < -0.4 is 5.73 Å². The van der Waals surface area contributed by atoms with E-state index in [0.29, 0.717) is 12.1 Å². The quantitative estimate of drug-likeness (QED) is 0.851. The number of esters is 1. The Bertz CT molecular complexity index is 753. The number of hydrogen-bond acceptors (Lipinski definition) is 5. The lowest BCUT2D eigenvalue weighted by Gasteiger charge is -2.33. The normalized spacial score (nSPS) is 18.6. The minimum absolute atomic E-state index is 0.215. The average Bonchev–Trinajstić information content (AvgIpc) is 2.94. The number of para-hydroxylation sites is 1. The number of hydrogen-bond donors (Lipinski definition) is 1. The Balaban J connectivity index is 1.98. The molecule has 6 nitrogen and oxygen atoms in total. The molecule has 1 aliphatic heterocycles. The van der Waals surface area contributed by atoms with Gasteiger partial charge in [0.15, 0.2) is 0 Å². The summed E-state index contributed by atoms with van der Waals surface area (Å²) in [4.78, 5) is 26.0. The lowest BCUT2D eigenvalue weighted by Crippen LogP contribution is -2.47. The summed E-state index contributed by atoms with van der Waals surface area (Å²) < 4.78 is 10.9. The van der Waals surface area contributed by atoms with E-state index in [1.54, 1.807) is 6.92 Å². The van der Waals surface area contributed by atoms with Crippen molar-refractivity contribution in [1.29, 1.82) is 0 Å². The second-order valence-electron chi connectivity index (χ2n) is 6.01. The fourth-order valence-corrected chi connectivity index (χ4v) is 3.32. The third kappa shape index (κ3) is 3.14. The van der Waals surface area contributed by atoms with Gasteiger partial charge in [-0.2, -0.15) is 0 Å². The lowest BCUT2D eigenvalue weighted by atomic mass is 10.00. The lowest BCUT2D eigenvalue weighted by molar-refractivity contribution is -0.124. The van der Waals surface area contributed by atoms with Crippen LogP contribution in [0.1, 0.15) is 42.3 Å². The van der Waals surface area contributed by atoms with Crippen LogP contribution in [-0.4, -0.2) is 36.0 Å². The summed E-state index contributed by atoms with van der Waals surface area (Å²) >= 11 is 0. The van der Waals surface area contributed by atoms with Gasteiger partial charge in [-0.25, -0.2) is 4.79 Å². The molecule has 2 N–H and O–H groups in total. The van der Waals surface area contributed by atoms with Gasteiger partial charge in [0.25, 0.3) is 0 Å². The van der Waals surface area contributed by atoms with Gasteiger partial charge in [-0.15, -0.1) is 0 Å². The van der Waals surface area contributed by atoms with Crippen molar-refractivity contribution in [3.8, 4) is 0 Å². The van der Waals surface area contributed by atoms with Crippen LogP contribution >= 0.6 is 0 Å². The summed E-state index contributed by atoms with van der Waals surface area (Å²) in [5.41, 5.74) is 6.95. The number of fused-ring (bicyclic) bond motifs is 1. The van der Waals surface area contributed by atoms with E-state index in [1.807, 2.05) is 29.2 Å². The number of amides is 1. The molecule has 0 unspecified atom stereocenters. The van der Waals surface area contributed by atoms with E-state index in [0.717, 1.165) is 36.8 Å². The SMILES string of the molecule is CCOC(=O)c1oc2ccccc2c1CN1CCCC[C@H]1C(N)=O. The maximum Gasteiger partial charge on any atom is 0.374 e. The molecule has 2 aromatic rings. The van der Waals surface area contributed by atoms with Crippen LogP contribution in [0.3, 0.4) is 0 Å². The van der Waals surface area contributed by atoms with Gasteiger partial charge in [0, 0.05) is 17.5 Å². The first kappa shape index (κ1) is 16.5. The van der Waals surface area contributed by atoms with Crippen molar-refractivity contribution in [2.75, 3.05) is 13.2 Å². The van der Waals surface area contributed by atoms with Crippen LogP contribution in [-0.2, 0) is 16.1 Å². The standard InChI is InChI=1S/C18H22N2O4/c1-2-23-18(22)16-13(12-7-3-4-9-15(12)24-16)11-20-10-6-5-8-14(20)17(19)21/h3-4,7,9,14H,2,5-6,8,10-11H2,1H3,(H2,19,21)/t14-/m0/s1. The molecule has 128 valence electrons. The zero-order valence-corrected chi connectivity index (χ0v) is 13.8. The first-order valence-corrected chi connectivity index (χ1v) is 8.32. The van der Waals surface area contributed by atoms with E-state index in [9.17, 15) is 9.59 Å². The van der Waals surface area contributed by atoms with Crippen molar-refractivity contribution in [1.82, 2.24) is 4.90 Å². The number of benzene rings is 1. The average molecular weight is 330 g/mol. The third-order valence-electron chi connectivity index (χ3n) is 4.46. The van der Waals surface area contributed by atoms with Crippen molar-refractivity contribution >= 4 is 22.8 Å². The highest BCUT2D eigenvalue weighted by Gasteiger charge is 2.30. The third-order valence-corrected chi connectivity index (χ3v) is 4.46. The molecule has 1 fully saturated rings. The van der Waals surface area contributed by atoms with E-state index in [2.05, 4.69) is 0 Å². The minimum Gasteiger partial charge on any atom is -0.460 e. The zero-order valence-electron chi connectivity index (χ0n) is 13.8. The molecule has 1 saturated heterocycles. The number of carbonyl (C=O) groups is 2. The Kier molecular flexibility index (Phi) is 4.85. The number of rotatable bonds is 5. The van der Waals surface area contributed by atoms with E-state index in [1.165, 1.54) is 0 Å². The Hall–Kier alpha value is -2.34. The number of piperidine rings is 1. The molecule has 1 aromatic heterocycles. The molecule has 3 rings (SSSR count). The number of nitrogens with zero attached hydrogens (tertiary/aromatic N) is 1. The van der Waals surface area contributed by atoms with Gasteiger partial charge < -0.3 is 14.9 Å². The molecular weight excluding hydrogens is 308 g/mol. The number of furan rings is 1. The topological polar surface area (TPSA) is 85.8 Å². The molecule has 0 aliphatic carbocycles. The van der Waals surface area contributed by atoms with Gasteiger partial charge in [0.1, 0.15) is 5.58 Å². The highest BCUT2D eigenvalue weighted by molar-refractivity contribution is 5.96. The molecule has 2 heterocycles. The van der Waals surface area contributed by atoms with E-state index < -0.39 is 5.97 Å². The smallest absolute Gasteiger partial charge is 0.374 e. The fourth-order valence-electron chi connectivity index (χ4n) is 3.32. The summed E-state index contributed by atoms with van der Waals surface area (Å²) in [7, 11) is 0. The molecule has 0 spiro atoms. The van der Waals surface area contributed by atoms with Crippen LogP contribution in [0.5, 0.6) is 0 Å². The van der Waals surface area contributed by atoms with Gasteiger partial charge in [-0.1, -0.05) is 24.6 Å². The van der Waals surface area contributed by atoms with Crippen LogP contribution in [0.25, 0.3) is 11.0 Å². The summed E-state index contributed by atoms with van der Waals surface area (Å²) in [6, 6.07) is 7.20. The van der Waals surface area contributed by atoms with E-state index >= 15 is 0 Å². The van der Waals surface area contributed by atoms with Crippen molar-refractivity contribution < 1.29 is 18.7 Å². The Morgan fingerprint density at radius 1 is 1.33 bits per heavy atom. The van der Waals surface area contributed by atoms with E-state index in [4.69, 9.17) is 14.9 Å². The predicted octanol–water partition coefficient (Wildman–Crippen LogP) is 2.45. The number of ether oxygens (including phenoxy) is 1. The largest absolute Gasteiger partial charge is 0.460 e. The molecular formula is C18H22N2O4. The van der Waals surface area contributed by atoms with Crippen LogP contribution in [0.4, 0.5) is 0 Å². The predicted molar refractivity (Wildman–Crippen MR) is 89.4 cm³/mol. The fraction of sp³-hybridized carbons (Fsp3) is 0.444. The molecule has 0 saturated carbocycles. The van der Waals surface area contributed by atoms with Crippen LogP contribution in [0.2, 0.25) is 0 Å². The van der Waals surface area contributed by atoms with E-state index in [-0.39, 0.29) is 24.3 Å². The number of carbonyl (C=O) groups excluding carboxylic acids is 2. The molecule has 1 atom stereocenters. The Morgan fingerprint density at radius 3 is 2.88 bits per heavy atom. The molecule has 1 aliphatic rings. The molecule has 24 heavy (non-hydrogen) atoms. The van der Waals surface area contributed by atoms with Gasteiger partial charge in [0.05, 0.1) is 12.6 Å². The Labute approximate surface area is 140 Å². The highest BCUT2D eigenvalue weighted by Crippen LogP contribution is 2.30. The van der Waals surface area contributed by atoms with Crippen molar-refractivity contribution in [3.05, 3.63) is 35.6 Å². The molecule has 6 heteroatoms. The number of nitrogens with two attached hydrogens (primary N) is 1. The summed E-state index contributed by atoms with van der Waals surface area (Å²) in [5, 5.41) is 0.870. The van der Waals surface area contributed by atoms with Crippen LogP contribution in [0.15, 0.2) is 28.7 Å². The van der Waals surface area contributed by atoms with Crippen molar-refractivity contribution in [2.24, 2.45) is 5.73 Å². The summed E-state index contributed by atoms with van der Waals surface area (Å²) in [6.07, 6.45) is 2.75. The molecule has 1 aromatic carbocycles. The van der Waals surface area contributed by atoms with Crippen molar-refractivity contribution in [2.45, 2.75) is 38.8 Å².